The van der Waals surface area contributed by atoms with E-state index in [-0.39, 0.29) is 35.6 Å². The molecular weight excluding hydrogens is 478 g/mol. The lowest BCUT2D eigenvalue weighted by molar-refractivity contribution is -0.133. The number of hydrogen-bond acceptors (Lipinski definition) is 5. The number of likely N-dealkylation sites (tertiary alicyclic amines) is 1. The number of aryl methyl sites for hydroxylation is 1. The summed E-state index contributed by atoms with van der Waals surface area (Å²) < 4.78 is 29.5. The van der Waals surface area contributed by atoms with Crippen LogP contribution in [0, 0.1) is 6.92 Å². The quantitative estimate of drug-likeness (QED) is 0.452. The van der Waals surface area contributed by atoms with Gasteiger partial charge in [0.15, 0.2) is 0 Å². The number of benzene rings is 3. The monoisotopic (exact) mass is 507 g/mol. The number of aldehydes is 1. The first kappa shape index (κ1) is 25.5. The van der Waals surface area contributed by atoms with Crippen LogP contribution < -0.4 is 10.0 Å². The zero-order valence-electron chi connectivity index (χ0n) is 20.1. The number of sulfonamides is 1. The third-order valence-electron chi connectivity index (χ3n) is 6.46. The van der Waals surface area contributed by atoms with Crippen molar-refractivity contribution >= 4 is 44.6 Å². The molecule has 1 aliphatic heterocycles. The van der Waals surface area contributed by atoms with Crippen molar-refractivity contribution in [1.29, 1.82) is 0 Å². The molecule has 0 unspecified atom stereocenters. The van der Waals surface area contributed by atoms with E-state index in [4.69, 9.17) is 0 Å². The summed E-state index contributed by atoms with van der Waals surface area (Å²) in [4.78, 5) is 37.3. The van der Waals surface area contributed by atoms with E-state index >= 15 is 0 Å². The summed E-state index contributed by atoms with van der Waals surface area (Å²) in [6.07, 6.45) is 2.09. The summed E-state index contributed by atoms with van der Waals surface area (Å²) in [5.74, 6) is -0.348. The molecule has 2 amide bonds. The number of rotatable bonds is 8. The number of anilines is 1. The molecule has 1 saturated heterocycles. The largest absolute Gasteiger partial charge is 0.343 e. The van der Waals surface area contributed by atoms with Crippen LogP contribution in [-0.2, 0) is 19.6 Å². The second kappa shape index (κ2) is 11.0. The highest BCUT2D eigenvalue weighted by Crippen LogP contribution is 2.30. The molecule has 0 radical (unpaired) electrons. The number of amides is 2. The molecule has 1 fully saturated rings. The van der Waals surface area contributed by atoms with Crippen molar-refractivity contribution in [1.82, 2.24) is 9.62 Å². The Morgan fingerprint density at radius 3 is 2.39 bits per heavy atom. The summed E-state index contributed by atoms with van der Waals surface area (Å²) in [5, 5.41) is 4.05. The molecule has 1 heterocycles. The van der Waals surface area contributed by atoms with Crippen LogP contribution in [0.15, 0.2) is 65.6 Å². The minimum Gasteiger partial charge on any atom is -0.343 e. The van der Waals surface area contributed by atoms with Crippen molar-refractivity contribution < 1.29 is 22.8 Å². The number of piperidine rings is 1. The Labute approximate surface area is 210 Å². The molecule has 4 rings (SSSR count). The van der Waals surface area contributed by atoms with Gasteiger partial charge in [-0.2, -0.15) is 0 Å². The van der Waals surface area contributed by atoms with E-state index in [1.54, 1.807) is 53.4 Å². The first-order valence-electron chi connectivity index (χ1n) is 11.9. The van der Waals surface area contributed by atoms with E-state index in [2.05, 4.69) is 10.0 Å². The lowest BCUT2D eigenvalue weighted by Crippen LogP contribution is -2.46. The number of carbonyl (C=O) groups is 3. The van der Waals surface area contributed by atoms with Crippen molar-refractivity contribution in [2.24, 2.45) is 0 Å². The second-order valence-corrected chi connectivity index (χ2v) is 10.6. The molecule has 0 saturated carbocycles. The van der Waals surface area contributed by atoms with E-state index in [1.165, 1.54) is 0 Å². The van der Waals surface area contributed by atoms with Gasteiger partial charge in [-0.3, -0.25) is 9.59 Å². The molecule has 9 heteroatoms. The van der Waals surface area contributed by atoms with E-state index < -0.39 is 10.0 Å². The molecular formula is C27H29N3O5S. The van der Waals surface area contributed by atoms with Gasteiger partial charge in [-0.05, 0) is 43.5 Å². The average Bonchev–Trinajstić information content (AvgIpc) is 2.87. The maximum absolute atomic E-state index is 13.4. The molecule has 2 N–H and O–H groups in total. The molecule has 0 aromatic heterocycles. The Morgan fingerprint density at radius 1 is 0.972 bits per heavy atom. The zero-order valence-corrected chi connectivity index (χ0v) is 20.9. The number of fused-ring (bicyclic) bond motifs is 1. The summed E-state index contributed by atoms with van der Waals surface area (Å²) >= 11 is 0. The fourth-order valence-electron chi connectivity index (χ4n) is 4.51. The van der Waals surface area contributed by atoms with Gasteiger partial charge in [0.1, 0.15) is 6.29 Å². The highest BCUT2D eigenvalue weighted by Gasteiger charge is 2.27. The van der Waals surface area contributed by atoms with E-state index in [1.807, 2.05) is 19.1 Å². The maximum Gasteiger partial charge on any atom is 0.255 e. The van der Waals surface area contributed by atoms with E-state index in [0.717, 1.165) is 11.8 Å². The second-order valence-electron chi connectivity index (χ2n) is 8.91. The molecule has 1 aliphatic rings. The standard InChI is InChI=1S/C27H29N3O5S/c1-19-7-2-3-8-21(19)27(33)28-24-11-4-10-23-22(24)9-5-12-25(23)36(34,35)29-20-14-16-30(17-15-20)26(32)13-6-18-31/h2-5,7-12,18,20,29H,6,13-17H2,1H3,(H,28,33). The third kappa shape index (κ3) is 5.63. The first-order valence-corrected chi connectivity index (χ1v) is 13.4. The highest BCUT2D eigenvalue weighted by atomic mass is 32.2. The molecule has 3 aromatic rings. The molecule has 0 aliphatic carbocycles. The Bertz CT molecular complexity index is 1400. The van der Waals surface area contributed by atoms with Crippen LogP contribution in [0.1, 0.15) is 41.6 Å². The van der Waals surface area contributed by atoms with Crippen molar-refractivity contribution in [2.75, 3.05) is 18.4 Å². The van der Waals surface area contributed by atoms with Gasteiger partial charge in [0, 0.05) is 54.0 Å². The zero-order chi connectivity index (χ0) is 25.7. The number of hydrogen-bond donors (Lipinski definition) is 2. The van der Waals surface area contributed by atoms with Gasteiger partial charge in [0.05, 0.1) is 4.90 Å². The van der Waals surface area contributed by atoms with Crippen molar-refractivity contribution in [2.45, 2.75) is 43.5 Å². The number of nitrogens with one attached hydrogen (secondary N) is 2. The van der Waals surface area contributed by atoms with Crippen LogP contribution in [0.3, 0.4) is 0 Å². The summed E-state index contributed by atoms with van der Waals surface area (Å²) in [6, 6.07) is 17.2. The molecule has 0 bridgehead atoms. The maximum atomic E-state index is 13.4. The number of carbonyl (C=O) groups excluding carboxylic acids is 3. The average molecular weight is 508 g/mol. The van der Waals surface area contributed by atoms with Gasteiger partial charge in [-0.25, -0.2) is 13.1 Å². The Hall–Kier alpha value is -3.56. The van der Waals surface area contributed by atoms with Crippen LogP contribution >= 0.6 is 0 Å². The smallest absolute Gasteiger partial charge is 0.255 e. The van der Waals surface area contributed by atoms with Gasteiger partial charge < -0.3 is 15.0 Å². The van der Waals surface area contributed by atoms with Gasteiger partial charge in [-0.1, -0.05) is 42.5 Å². The van der Waals surface area contributed by atoms with Crippen LogP contribution in [0.5, 0.6) is 0 Å². The molecule has 188 valence electrons. The fourth-order valence-corrected chi connectivity index (χ4v) is 6.04. The minimum absolute atomic E-state index is 0.0854. The van der Waals surface area contributed by atoms with Gasteiger partial charge in [-0.15, -0.1) is 0 Å². The predicted molar refractivity (Wildman–Crippen MR) is 138 cm³/mol. The lowest BCUT2D eigenvalue weighted by atomic mass is 10.1. The Balaban J connectivity index is 1.52. The Morgan fingerprint density at radius 2 is 1.67 bits per heavy atom. The summed E-state index contributed by atoms with van der Waals surface area (Å²) in [5.41, 5.74) is 1.93. The SMILES string of the molecule is Cc1ccccc1C(=O)Nc1cccc2c(S(=O)(=O)NC3CCN(C(=O)CCC=O)CC3)cccc12. The molecule has 8 nitrogen and oxygen atoms in total. The molecule has 3 aromatic carbocycles. The lowest BCUT2D eigenvalue weighted by Gasteiger charge is -2.32. The van der Waals surface area contributed by atoms with Crippen LogP contribution in [0.25, 0.3) is 10.8 Å². The highest BCUT2D eigenvalue weighted by molar-refractivity contribution is 7.89. The van der Waals surface area contributed by atoms with E-state index in [0.29, 0.717) is 48.0 Å². The minimum atomic E-state index is -3.85. The van der Waals surface area contributed by atoms with Crippen LogP contribution in [0.4, 0.5) is 5.69 Å². The predicted octanol–water partition coefficient (Wildman–Crippen LogP) is 3.65. The first-order chi connectivity index (χ1) is 17.3. The third-order valence-corrected chi connectivity index (χ3v) is 8.03. The molecule has 36 heavy (non-hydrogen) atoms. The summed E-state index contributed by atoms with van der Waals surface area (Å²) in [7, 11) is -3.85. The fraction of sp³-hybridized carbons (Fsp3) is 0.296. The molecule has 0 atom stereocenters. The number of nitrogens with zero attached hydrogens (tertiary/aromatic N) is 1. The molecule has 0 spiro atoms. The normalized spacial score (nSPS) is 14.5. The van der Waals surface area contributed by atoms with Crippen LogP contribution in [-0.4, -0.2) is 50.5 Å². The van der Waals surface area contributed by atoms with Gasteiger partial charge in [0.2, 0.25) is 15.9 Å². The van der Waals surface area contributed by atoms with E-state index in [9.17, 15) is 22.8 Å². The summed E-state index contributed by atoms with van der Waals surface area (Å²) in [6.45, 7) is 2.74. The van der Waals surface area contributed by atoms with Crippen LogP contribution in [0.2, 0.25) is 0 Å². The van der Waals surface area contributed by atoms with Crippen molar-refractivity contribution in [3.05, 3.63) is 71.8 Å². The Kier molecular flexibility index (Phi) is 7.81. The van der Waals surface area contributed by atoms with Crippen molar-refractivity contribution in [3.63, 3.8) is 0 Å². The van der Waals surface area contributed by atoms with Gasteiger partial charge in [0.25, 0.3) is 5.91 Å². The van der Waals surface area contributed by atoms with Gasteiger partial charge >= 0.3 is 0 Å². The van der Waals surface area contributed by atoms with Crippen molar-refractivity contribution in [3.8, 4) is 0 Å². The topological polar surface area (TPSA) is 113 Å².